The highest BCUT2D eigenvalue weighted by Gasteiger charge is 2.25. The summed E-state index contributed by atoms with van der Waals surface area (Å²) in [5, 5.41) is 6.78. The van der Waals surface area contributed by atoms with Gasteiger partial charge < -0.3 is 19.9 Å². The van der Waals surface area contributed by atoms with Gasteiger partial charge in [-0.15, -0.1) is 0 Å². The normalized spacial score (nSPS) is 15.5. The highest BCUT2D eigenvalue weighted by Crippen LogP contribution is 2.41. The Morgan fingerprint density at radius 3 is 0.311 bits per heavy atom. The molecule has 0 spiro atoms. The number of hydrogen-bond acceptors (Lipinski definition) is 4. The van der Waals surface area contributed by atoms with Gasteiger partial charge >= 0.3 is 0 Å². The lowest BCUT2D eigenvalue weighted by molar-refractivity contribution is 0.0647. The molecule has 6 fully saturated rings. The molecule has 24 heteroatoms. The summed E-state index contributed by atoms with van der Waals surface area (Å²) >= 11 is 0. The first-order valence-electron chi connectivity index (χ1n) is 42.6. The first-order valence-corrected chi connectivity index (χ1v) is 42.6. The quantitative estimate of drug-likeness (QED) is 0.114. The predicted octanol–water partition coefficient (Wildman–Crippen LogP) is 28.1. The van der Waals surface area contributed by atoms with E-state index in [1.165, 1.54) is 176 Å². The summed E-state index contributed by atoms with van der Waals surface area (Å²) in [6.45, 7) is 15.8. The summed E-state index contributed by atoms with van der Waals surface area (Å²) in [4.78, 5) is 23.3. The zero-order valence-corrected chi connectivity index (χ0v) is 70.0. The van der Waals surface area contributed by atoms with E-state index < -0.39 is 93.1 Å². The van der Waals surface area contributed by atoms with Crippen molar-refractivity contribution in [1.82, 2.24) is 39.5 Å². The highest BCUT2D eigenvalue weighted by molar-refractivity contribution is 6.13. The maximum atomic E-state index is 13.6. The Morgan fingerprint density at radius 2 is 0.220 bits per heavy atom. The van der Waals surface area contributed by atoms with Crippen molar-refractivity contribution in [2.45, 2.75) is 0 Å². The Bertz CT molecular complexity index is 6310. The van der Waals surface area contributed by atoms with E-state index in [0.717, 1.165) is 136 Å². The lowest BCUT2D eigenvalue weighted by atomic mass is 10.00. The lowest BCUT2D eigenvalue weighted by Gasteiger charge is -2.41. The first-order chi connectivity index (χ1) is 63.7. The van der Waals surface area contributed by atoms with E-state index in [-0.39, 0.29) is 0 Å². The molecule has 8 nitrogen and oxygen atoms in total. The molecule has 132 heavy (non-hydrogen) atoms. The minimum atomic E-state index is -0.644. The average molecular weight is 1790 g/mol. The van der Waals surface area contributed by atoms with Gasteiger partial charge in [0.15, 0.2) is 0 Å². The van der Waals surface area contributed by atoms with Crippen LogP contribution < -0.4 is 0 Å². The number of nitrogens with zero attached hydrogens (tertiary/aromatic N) is 4. The van der Waals surface area contributed by atoms with Crippen LogP contribution in [-0.4, -0.2) is 118 Å². The second-order valence-electron chi connectivity index (χ2n) is 33.2. The molecule has 20 aromatic rings. The second kappa shape index (κ2) is 36.8. The van der Waals surface area contributed by atoms with E-state index >= 15 is 0 Å². The largest absolute Gasteiger partial charge is 0.355 e. The fourth-order valence-electron chi connectivity index (χ4n) is 17.8. The van der Waals surface area contributed by atoms with Crippen molar-refractivity contribution in [3.8, 4) is 89.0 Å². The highest BCUT2D eigenvalue weighted by atomic mass is 19.2. The SMILES string of the molecule is C1CN2CCN1CC2.C1CN2CCN1CC2.Fc1cc(F)cc(-c2ccc3[nH]c4ccc(-c5cc(F)cc(F)c5)cc4c3c2)c1.Fc1cc(F)cc(-c2ccc3[nH]c4ccc(-c5cc(F)cc(F)c5)cc4c3c2)c1.Fc1cc(F)cc(-c2ccc3[nH]c4ccc(-c5cc(F)cc(F)c5)cc4c3c2)c1.Fc1cc(F)cc(-c2ccc3[nH]c4ccc(-c5cc(F)cc(F)c5)cc4c3c2)c1. The zero-order chi connectivity index (χ0) is 91.3. The predicted molar refractivity (Wildman–Crippen MR) is 492 cm³/mol. The van der Waals surface area contributed by atoms with Gasteiger partial charge in [0.05, 0.1) is 0 Å². The maximum absolute atomic E-state index is 13.6. The molecule has 6 saturated heterocycles. The number of benzene rings is 16. The fraction of sp³-hybridized carbons (Fsp3) is 0.111. The van der Waals surface area contributed by atoms with E-state index in [1.807, 2.05) is 97.1 Å². The Labute approximate surface area is 744 Å². The third-order valence-corrected chi connectivity index (χ3v) is 24.4. The van der Waals surface area contributed by atoms with Gasteiger partial charge in [0, 0.05) is 214 Å². The van der Waals surface area contributed by atoms with Gasteiger partial charge in [-0.3, -0.25) is 19.6 Å². The van der Waals surface area contributed by atoms with Crippen molar-refractivity contribution in [3.63, 3.8) is 0 Å². The first kappa shape index (κ1) is 86.8. The van der Waals surface area contributed by atoms with Gasteiger partial charge in [0.1, 0.15) is 93.1 Å². The third kappa shape index (κ3) is 19.4. The number of nitrogens with one attached hydrogen (secondary N) is 4. The molecule has 4 bridgehead atoms. The number of hydrogen-bond donors (Lipinski definition) is 4. The van der Waals surface area contributed by atoms with Gasteiger partial charge in [-0.2, -0.15) is 0 Å². The smallest absolute Gasteiger partial charge is 0.126 e. The number of H-pyrrole nitrogens is 4. The second-order valence-corrected chi connectivity index (χ2v) is 33.2. The molecule has 0 atom stereocenters. The van der Waals surface area contributed by atoms with Crippen molar-refractivity contribution in [2.75, 3.05) is 78.5 Å². The van der Waals surface area contributed by atoms with Crippen LogP contribution in [0.2, 0.25) is 0 Å². The molecule has 4 aromatic heterocycles. The molecule has 0 radical (unpaired) electrons. The van der Waals surface area contributed by atoms with E-state index in [9.17, 15) is 70.2 Å². The van der Waals surface area contributed by atoms with Gasteiger partial charge in [-0.05, 0) is 283 Å². The van der Waals surface area contributed by atoms with Gasteiger partial charge in [0.25, 0.3) is 0 Å². The summed E-state index contributed by atoms with van der Waals surface area (Å²) in [7, 11) is 0. The molecule has 0 saturated carbocycles. The van der Waals surface area contributed by atoms with Gasteiger partial charge in [0.2, 0.25) is 0 Å². The molecular formula is C108H76F16N8. The monoisotopic (exact) mass is 1790 g/mol. The van der Waals surface area contributed by atoms with Crippen LogP contribution in [0, 0.1) is 93.1 Å². The average Bonchev–Trinajstić information content (AvgIpc) is 1.64. The molecule has 26 rings (SSSR count). The third-order valence-electron chi connectivity index (χ3n) is 24.4. The van der Waals surface area contributed by atoms with Crippen molar-refractivity contribution >= 4 is 87.2 Å². The number of aromatic nitrogens is 4. The van der Waals surface area contributed by atoms with Crippen LogP contribution in [0.4, 0.5) is 70.2 Å². The summed E-state index contributed by atoms with van der Waals surface area (Å²) in [6.07, 6.45) is 0. The van der Waals surface area contributed by atoms with Crippen LogP contribution >= 0.6 is 0 Å². The molecule has 0 amide bonds. The van der Waals surface area contributed by atoms with Crippen molar-refractivity contribution in [1.29, 1.82) is 0 Å². The minimum absolute atomic E-state index is 0.433. The minimum Gasteiger partial charge on any atom is -0.355 e. The van der Waals surface area contributed by atoms with Crippen LogP contribution in [0.5, 0.6) is 0 Å². The van der Waals surface area contributed by atoms with Crippen LogP contribution in [0.15, 0.2) is 291 Å². The molecule has 0 unspecified atom stereocenters. The van der Waals surface area contributed by atoms with E-state index in [1.54, 1.807) is 48.5 Å². The molecule has 4 N–H and O–H groups in total. The van der Waals surface area contributed by atoms with Gasteiger partial charge in [-0.25, -0.2) is 70.2 Å². The molecule has 6 aliphatic heterocycles. The van der Waals surface area contributed by atoms with Crippen LogP contribution in [0.3, 0.4) is 0 Å². The number of piperazine rings is 6. The number of halogens is 16. The maximum Gasteiger partial charge on any atom is 0.126 e. The lowest BCUT2D eigenvalue weighted by Crippen LogP contribution is -2.55. The van der Waals surface area contributed by atoms with E-state index in [0.29, 0.717) is 89.0 Å². The molecule has 660 valence electrons. The van der Waals surface area contributed by atoms with Crippen LogP contribution in [0.1, 0.15) is 0 Å². The Kier molecular flexibility index (Phi) is 24.2. The van der Waals surface area contributed by atoms with Crippen LogP contribution in [0.25, 0.3) is 176 Å². The van der Waals surface area contributed by atoms with Crippen molar-refractivity contribution in [2.24, 2.45) is 0 Å². The van der Waals surface area contributed by atoms with E-state index in [4.69, 9.17) is 0 Å². The molecule has 6 aliphatic rings. The molecular weight excluding hydrogens is 1710 g/mol. The summed E-state index contributed by atoms with van der Waals surface area (Å²) in [5.41, 5.74) is 15.6. The standard InChI is InChI=1S/4C24H13F4N.2C6H12N2/c4*25-17-5-15(6-18(26)11-17)13-1-3-23-21(9-13)22-10-14(2-4-24(22)29-23)16-7-19(27)12-20(28)8-16;2*1-2-8-5-3-7(1)4-6-8/h4*1-12,29H;2*1-6H2. The summed E-state index contributed by atoms with van der Waals surface area (Å²) in [6, 6.07) is 70.9. The zero-order valence-electron chi connectivity index (χ0n) is 70.0. The Balaban J connectivity index is 0.000000107. The number of aromatic amines is 4. The van der Waals surface area contributed by atoms with Crippen molar-refractivity contribution in [3.05, 3.63) is 384 Å². The van der Waals surface area contributed by atoms with E-state index in [2.05, 4.69) is 39.5 Å². The number of fused-ring (bicyclic) bond motifs is 18. The van der Waals surface area contributed by atoms with Crippen LogP contribution in [-0.2, 0) is 0 Å². The Hall–Kier alpha value is -14.6. The topological polar surface area (TPSA) is 76.1 Å². The molecule has 10 heterocycles. The molecule has 0 aliphatic carbocycles. The number of rotatable bonds is 8. The summed E-state index contributed by atoms with van der Waals surface area (Å²) < 4.78 is 218. The van der Waals surface area contributed by atoms with Crippen molar-refractivity contribution < 1.29 is 70.2 Å². The Morgan fingerprint density at radius 1 is 0.121 bits per heavy atom. The summed E-state index contributed by atoms with van der Waals surface area (Å²) in [5.74, 6) is -10.3. The fourth-order valence-corrected chi connectivity index (χ4v) is 17.8. The molecule has 16 aromatic carbocycles. The van der Waals surface area contributed by atoms with Gasteiger partial charge in [-0.1, -0.05) is 48.5 Å².